The molecule has 2 fully saturated rings. The molecule has 8 nitrogen and oxygen atoms in total. The van der Waals surface area contributed by atoms with Crippen molar-refractivity contribution >= 4 is 17.9 Å². The summed E-state index contributed by atoms with van der Waals surface area (Å²) in [7, 11) is 0. The predicted molar refractivity (Wildman–Crippen MR) is 95.8 cm³/mol. The molecule has 0 aromatic carbocycles. The van der Waals surface area contributed by atoms with Crippen molar-refractivity contribution in [3.05, 3.63) is 0 Å². The Bertz CT molecular complexity index is 485. The normalized spacial score (nSPS) is 23.4. The maximum Gasteiger partial charge on any atom is 0.331 e. The van der Waals surface area contributed by atoms with Crippen LogP contribution in [-0.2, 0) is 14.3 Å². The third kappa shape index (κ3) is 6.48. The molecule has 8 heteroatoms. The lowest BCUT2D eigenvalue weighted by atomic mass is 9.96. The van der Waals surface area contributed by atoms with E-state index in [2.05, 4.69) is 16.0 Å². The fourth-order valence-electron chi connectivity index (χ4n) is 3.49. The van der Waals surface area contributed by atoms with Gasteiger partial charge in [-0.15, -0.1) is 0 Å². The van der Waals surface area contributed by atoms with Gasteiger partial charge in [0.1, 0.15) is 0 Å². The number of hydrogen-bond donors (Lipinski definition) is 4. The molecule has 0 aromatic rings. The summed E-state index contributed by atoms with van der Waals surface area (Å²) in [5, 5.41) is 17.7. The van der Waals surface area contributed by atoms with Crippen LogP contribution in [0.2, 0.25) is 0 Å². The van der Waals surface area contributed by atoms with Crippen LogP contribution in [-0.4, -0.2) is 54.4 Å². The van der Waals surface area contributed by atoms with Crippen molar-refractivity contribution in [2.75, 3.05) is 19.8 Å². The van der Waals surface area contributed by atoms with Crippen LogP contribution in [0, 0.1) is 0 Å². The minimum absolute atomic E-state index is 0.0219. The van der Waals surface area contributed by atoms with Crippen molar-refractivity contribution in [3.63, 3.8) is 0 Å². The molecule has 0 spiro atoms. The first-order valence-electron chi connectivity index (χ1n) is 9.68. The smallest absolute Gasteiger partial charge is 0.331 e. The lowest BCUT2D eigenvalue weighted by Gasteiger charge is -2.23. The number of hydrogen-bond acceptors (Lipinski definition) is 4. The van der Waals surface area contributed by atoms with Crippen molar-refractivity contribution in [2.24, 2.45) is 0 Å². The molecule has 0 radical (unpaired) electrons. The first-order chi connectivity index (χ1) is 12.5. The van der Waals surface area contributed by atoms with Gasteiger partial charge in [0.15, 0.2) is 5.54 Å². The van der Waals surface area contributed by atoms with Crippen LogP contribution in [0.1, 0.15) is 64.2 Å². The third-order valence-electron chi connectivity index (χ3n) is 5.12. The number of carbonyl (C=O) groups excluding carboxylic acids is 2. The number of carboxylic acid groups (broad SMARTS) is 1. The molecule has 1 heterocycles. The average Bonchev–Trinajstić information content (AvgIpc) is 3.08. The van der Waals surface area contributed by atoms with Crippen molar-refractivity contribution in [1.82, 2.24) is 16.0 Å². The van der Waals surface area contributed by atoms with Crippen molar-refractivity contribution < 1.29 is 24.2 Å². The Morgan fingerprint density at radius 2 is 1.85 bits per heavy atom. The highest BCUT2D eigenvalue weighted by Crippen LogP contribution is 2.19. The Morgan fingerprint density at radius 3 is 2.50 bits per heavy atom. The molecule has 1 aliphatic heterocycles. The second kappa shape index (κ2) is 10.4. The molecule has 0 bridgehead atoms. The van der Waals surface area contributed by atoms with Gasteiger partial charge in [0.05, 0.1) is 6.61 Å². The Balaban J connectivity index is 1.51. The minimum Gasteiger partial charge on any atom is -0.479 e. The molecule has 148 valence electrons. The summed E-state index contributed by atoms with van der Waals surface area (Å²) in [6.45, 7) is 0.947. The Kier molecular flexibility index (Phi) is 8.15. The van der Waals surface area contributed by atoms with E-state index in [4.69, 9.17) is 4.74 Å². The topological polar surface area (TPSA) is 117 Å². The van der Waals surface area contributed by atoms with Gasteiger partial charge in [0.25, 0.3) is 0 Å². The molecule has 1 aliphatic carbocycles. The van der Waals surface area contributed by atoms with Crippen LogP contribution in [0.5, 0.6) is 0 Å². The monoisotopic (exact) mass is 369 g/mol. The van der Waals surface area contributed by atoms with Crippen LogP contribution < -0.4 is 16.0 Å². The number of carbonyl (C=O) groups is 3. The van der Waals surface area contributed by atoms with E-state index in [0.29, 0.717) is 32.0 Å². The molecular weight excluding hydrogens is 338 g/mol. The van der Waals surface area contributed by atoms with Gasteiger partial charge < -0.3 is 25.8 Å². The number of urea groups is 1. The molecule has 1 saturated carbocycles. The van der Waals surface area contributed by atoms with Gasteiger partial charge >= 0.3 is 12.0 Å². The lowest BCUT2D eigenvalue weighted by molar-refractivity contribution is -0.147. The van der Waals surface area contributed by atoms with E-state index in [0.717, 1.165) is 25.7 Å². The lowest BCUT2D eigenvalue weighted by Crippen LogP contribution is -2.55. The molecule has 2 aliphatic rings. The molecular formula is C18H31N3O5. The van der Waals surface area contributed by atoms with Gasteiger partial charge in [-0.05, 0) is 25.7 Å². The standard InChI is InChI=1S/C18H31N3O5/c22-15(21-18(16(23)24)10-12-26-13-18)9-5-2-6-11-19-17(25)20-14-7-3-1-4-8-14/h14H,1-13H2,(H,21,22)(H,23,24)(H2,19,20,25). The van der Waals surface area contributed by atoms with Gasteiger partial charge in [-0.3, -0.25) is 4.79 Å². The second-order valence-electron chi connectivity index (χ2n) is 7.28. The van der Waals surface area contributed by atoms with E-state index in [1.807, 2.05) is 0 Å². The highest BCUT2D eigenvalue weighted by Gasteiger charge is 2.43. The van der Waals surface area contributed by atoms with Crippen LogP contribution in [0.4, 0.5) is 4.79 Å². The highest BCUT2D eigenvalue weighted by molar-refractivity contribution is 5.87. The quantitative estimate of drug-likeness (QED) is 0.460. The maximum absolute atomic E-state index is 12.0. The average molecular weight is 369 g/mol. The van der Waals surface area contributed by atoms with Gasteiger partial charge in [-0.2, -0.15) is 0 Å². The van der Waals surface area contributed by atoms with Crippen LogP contribution in [0.15, 0.2) is 0 Å². The van der Waals surface area contributed by atoms with Gasteiger partial charge in [0, 0.05) is 32.0 Å². The SMILES string of the molecule is O=C(CCCCCNC(=O)NC1CCCCC1)NC1(C(=O)O)CCOC1. The Morgan fingerprint density at radius 1 is 1.08 bits per heavy atom. The molecule has 26 heavy (non-hydrogen) atoms. The van der Waals surface area contributed by atoms with E-state index in [1.165, 1.54) is 19.3 Å². The van der Waals surface area contributed by atoms with Crippen molar-refractivity contribution in [2.45, 2.75) is 75.8 Å². The summed E-state index contributed by atoms with van der Waals surface area (Å²) in [5.41, 5.74) is -1.27. The maximum atomic E-state index is 12.0. The molecule has 3 amide bonds. The summed E-state index contributed by atoms with van der Waals surface area (Å²) in [4.78, 5) is 35.1. The zero-order chi connectivity index (χ0) is 18.8. The largest absolute Gasteiger partial charge is 0.479 e. The van der Waals surface area contributed by atoms with E-state index < -0.39 is 11.5 Å². The van der Waals surface area contributed by atoms with Crippen molar-refractivity contribution in [1.29, 1.82) is 0 Å². The number of rotatable bonds is 9. The van der Waals surface area contributed by atoms with E-state index in [1.54, 1.807) is 0 Å². The van der Waals surface area contributed by atoms with Crippen LogP contribution >= 0.6 is 0 Å². The molecule has 2 rings (SSSR count). The summed E-state index contributed by atoms with van der Waals surface area (Å²) in [5.74, 6) is -1.31. The fraction of sp³-hybridized carbons (Fsp3) is 0.833. The van der Waals surface area contributed by atoms with Gasteiger partial charge in [-0.1, -0.05) is 25.7 Å². The zero-order valence-electron chi connectivity index (χ0n) is 15.3. The Labute approximate surface area is 154 Å². The number of unbranched alkanes of at least 4 members (excludes halogenated alkanes) is 2. The predicted octanol–water partition coefficient (Wildman–Crippen LogP) is 1.54. The van der Waals surface area contributed by atoms with Crippen LogP contribution in [0.3, 0.4) is 0 Å². The summed E-state index contributed by atoms with van der Waals surface area (Å²) < 4.78 is 5.12. The van der Waals surface area contributed by atoms with E-state index in [-0.39, 0.29) is 25.0 Å². The fourth-order valence-corrected chi connectivity index (χ4v) is 3.49. The summed E-state index contributed by atoms with van der Waals surface area (Å²) >= 11 is 0. The highest BCUT2D eigenvalue weighted by atomic mass is 16.5. The number of ether oxygens (including phenoxy) is 1. The third-order valence-corrected chi connectivity index (χ3v) is 5.12. The first-order valence-corrected chi connectivity index (χ1v) is 9.68. The number of carboxylic acids is 1. The first kappa shape index (κ1) is 20.5. The van der Waals surface area contributed by atoms with Gasteiger partial charge in [0.2, 0.25) is 5.91 Å². The molecule has 0 aromatic heterocycles. The summed E-state index contributed by atoms with van der Waals surface area (Å²) in [6, 6.07) is 0.188. The number of aliphatic carboxylic acids is 1. The molecule has 1 unspecified atom stereocenters. The van der Waals surface area contributed by atoms with E-state index in [9.17, 15) is 19.5 Å². The number of nitrogens with one attached hydrogen (secondary N) is 3. The molecule has 1 atom stereocenters. The van der Waals surface area contributed by atoms with Crippen molar-refractivity contribution in [3.8, 4) is 0 Å². The zero-order valence-corrected chi connectivity index (χ0v) is 15.3. The Hall–Kier alpha value is -1.83. The minimum atomic E-state index is -1.27. The summed E-state index contributed by atoms with van der Waals surface area (Å²) in [6.07, 6.45) is 8.58. The number of amides is 3. The molecule has 4 N–H and O–H groups in total. The molecule has 1 saturated heterocycles. The van der Waals surface area contributed by atoms with Crippen LogP contribution in [0.25, 0.3) is 0 Å². The van der Waals surface area contributed by atoms with E-state index >= 15 is 0 Å². The second-order valence-corrected chi connectivity index (χ2v) is 7.28. The van der Waals surface area contributed by atoms with Gasteiger partial charge in [-0.25, -0.2) is 9.59 Å².